The van der Waals surface area contributed by atoms with E-state index in [-0.39, 0.29) is 18.4 Å². The fourth-order valence-electron chi connectivity index (χ4n) is 4.76. The van der Waals surface area contributed by atoms with E-state index >= 15 is 0 Å². The molecule has 0 atom stereocenters. The summed E-state index contributed by atoms with van der Waals surface area (Å²) in [5, 5.41) is 15.8. The highest BCUT2D eigenvalue weighted by Crippen LogP contribution is 2.33. The second-order valence-electron chi connectivity index (χ2n) is 9.22. The molecule has 192 valence electrons. The number of hydrogen-bond acceptors (Lipinski definition) is 7. The number of nitro benzene ring substituents is 1. The summed E-state index contributed by atoms with van der Waals surface area (Å²) in [6.07, 6.45) is 0. The van der Waals surface area contributed by atoms with Crippen molar-refractivity contribution in [1.82, 2.24) is 19.6 Å². The number of benzene rings is 3. The van der Waals surface area contributed by atoms with Gasteiger partial charge in [0.25, 0.3) is 11.6 Å². The third-order valence-electron chi connectivity index (χ3n) is 6.81. The summed E-state index contributed by atoms with van der Waals surface area (Å²) in [6.45, 7) is 3.64. The van der Waals surface area contributed by atoms with Crippen LogP contribution in [0.5, 0.6) is 11.5 Å². The minimum atomic E-state index is -0.447. The molecule has 10 nitrogen and oxygen atoms in total. The maximum Gasteiger partial charge on any atom is 0.272 e. The first-order valence-corrected chi connectivity index (χ1v) is 12.4. The molecule has 1 amide bonds. The molecule has 0 bridgehead atoms. The van der Waals surface area contributed by atoms with E-state index in [4.69, 9.17) is 14.6 Å². The first-order valence-electron chi connectivity index (χ1n) is 12.4. The van der Waals surface area contributed by atoms with Gasteiger partial charge in [0.15, 0.2) is 11.5 Å². The van der Waals surface area contributed by atoms with Crippen molar-refractivity contribution in [2.24, 2.45) is 0 Å². The zero-order chi connectivity index (χ0) is 26.1. The molecule has 1 fully saturated rings. The summed E-state index contributed by atoms with van der Waals surface area (Å²) in [5.74, 6) is 1.41. The van der Waals surface area contributed by atoms with Crippen molar-refractivity contribution >= 4 is 11.6 Å². The number of nitrogens with zero attached hydrogens (tertiary/aromatic N) is 5. The van der Waals surface area contributed by atoms with Gasteiger partial charge in [-0.25, -0.2) is 4.68 Å². The Morgan fingerprint density at radius 3 is 2.37 bits per heavy atom. The highest BCUT2D eigenvalue weighted by molar-refractivity contribution is 5.94. The highest BCUT2D eigenvalue weighted by Gasteiger charge is 2.27. The lowest BCUT2D eigenvalue weighted by Crippen LogP contribution is -2.48. The first-order chi connectivity index (χ1) is 18.5. The van der Waals surface area contributed by atoms with E-state index in [0.717, 1.165) is 42.3 Å². The Morgan fingerprint density at radius 2 is 1.63 bits per heavy atom. The van der Waals surface area contributed by atoms with E-state index in [1.54, 1.807) is 22.9 Å². The number of fused-ring (bicyclic) bond motifs is 1. The van der Waals surface area contributed by atoms with Crippen LogP contribution in [0.15, 0.2) is 78.9 Å². The van der Waals surface area contributed by atoms with Gasteiger partial charge in [0, 0.05) is 50.4 Å². The van der Waals surface area contributed by atoms with Crippen LogP contribution in [0, 0.1) is 10.1 Å². The minimum Gasteiger partial charge on any atom is -0.454 e. The lowest BCUT2D eigenvalue weighted by molar-refractivity contribution is -0.384. The smallest absolute Gasteiger partial charge is 0.272 e. The number of piperazine rings is 1. The lowest BCUT2D eigenvalue weighted by Gasteiger charge is -2.34. The Bertz CT molecular complexity index is 1480. The number of non-ortho nitro benzene ring substituents is 1. The zero-order valence-corrected chi connectivity index (χ0v) is 20.5. The molecule has 0 saturated carbocycles. The average Bonchev–Trinajstić information content (AvgIpc) is 3.61. The maximum atomic E-state index is 13.7. The van der Waals surface area contributed by atoms with Crippen LogP contribution >= 0.6 is 0 Å². The molecule has 38 heavy (non-hydrogen) atoms. The summed E-state index contributed by atoms with van der Waals surface area (Å²) in [4.78, 5) is 28.5. The number of carbonyl (C=O) groups excluding carboxylic acids is 1. The predicted octanol–water partition coefficient (Wildman–Crippen LogP) is 4.13. The normalized spacial score (nSPS) is 15.0. The van der Waals surface area contributed by atoms with Gasteiger partial charge < -0.3 is 14.4 Å². The monoisotopic (exact) mass is 511 g/mol. The van der Waals surface area contributed by atoms with E-state index in [1.165, 1.54) is 12.1 Å². The summed E-state index contributed by atoms with van der Waals surface area (Å²) >= 11 is 0. The Balaban J connectivity index is 1.21. The van der Waals surface area contributed by atoms with Gasteiger partial charge in [0.05, 0.1) is 16.3 Å². The summed E-state index contributed by atoms with van der Waals surface area (Å²) in [7, 11) is 0. The van der Waals surface area contributed by atoms with Crippen molar-refractivity contribution in [2.75, 3.05) is 33.0 Å². The van der Waals surface area contributed by atoms with Crippen LogP contribution in [0.1, 0.15) is 16.1 Å². The topological polar surface area (TPSA) is 103 Å². The van der Waals surface area contributed by atoms with E-state index in [0.29, 0.717) is 30.2 Å². The summed E-state index contributed by atoms with van der Waals surface area (Å²) in [5.41, 5.74) is 3.67. The van der Waals surface area contributed by atoms with E-state index in [9.17, 15) is 14.9 Å². The van der Waals surface area contributed by atoms with Crippen molar-refractivity contribution in [3.8, 4) is 28.4 Å². The molecule has 6 rings (SSSR count). The van der Waals surface area contributed by atoms with Gasteiger partial charge >= 0.3 is 0 Å². The van der Waals surface area contributed by atoms with Gasteiger partial charge in [-0.3, -0.25) is 19.8 Å². The van der Waals surface area contributed by atoms with Crippen LogP contribution in [0.25, 0.3) is 16.9 Å². The highest BCUT2D eigenvalue weighted by atomic mass is 16.7. The van der Waals surface area contributed by atoms with Crippen LogP contribution < -0.4 is 9.47 Å². The number of carbonyl (C=O) groups is 1. The van der Waals surface area contributed by atoms with Crippen LogP contribution in [-0.2, 0) is 6.54 Å². The molecule has 1 saturated heterocycles. The molecule has 4 aromatic rings. The Labute approximate surface area is 218 Å². The van der Waals surface area contributed by atoms with E-state index in [2.05, 4.69) is 4.90 Å². The Hall–Kier alpha value is -4.70. The van der Waals surface area contributed by atoms with Gasteiger partial charge in [0.2, 0.25) is 6.79 Å². The average molecular weight is 512 g/mol. The minimum absolute atomic E-state index is 0.0179. The third-order valence-corrected chi connectivity index (χ3v) is 6.81. The standard InChI is InChI=1S/C28H25N5O5/c34-28(31-14-12-30(13-15-31)18-20-6-11-26-27(16-20)38-19-37-26)25-17-24(21-4-2-1-3-5-21)29-32(25)22-7-9-23(10-8-22)33(35)36/h1-11,16-17H,12-15,18-19H2. The molecule has 0 spiro atoms. The van der Waals surface area contributed by atoms with Crippen LogP contribution in [0.3, 0.4) is 0 Å². The number of amides is 1. The van der Waals surface area contributed by atoms with Gasteiger partial charge in [-0.1, -0.05) is 36.4 Å². The Kier molecular flexibility index (Phi) is 6.22. The molecule has 0 radical (unpaired) electrons. The van der Waals surface area contributed by atoms with E-state index < -0.39 is 4.92 Å². The second-order valence-corrected chi connectivity index (χ2v) is 9.22. The molecule has 2 aliphatic rings. The van der Waals surface area contributed by atoms with Crippen LogP contribution in [0.2, 0.25) is 0 Å². The predicted molar refractivity (Wildman–Crippen MR) is 139 cm³/mol. The molecule has 0 unspecified atom stereocenters. The Morgan fingerprint density at radius 1 is 0.895 bits per heavy atom. The van der Waals surface area contributed by atoms with Crippen molar-refractivity contribution in [3.63, 3.8) is 0 Å². The van der Waals surface area contributed by atoms with Crippen LogP contribution in [0.4, 0.5) is 5.69 Å². The largest absolute Gasteiger partial charge is 0.454 e. The van der Waals surface area contributed by atoms with Crippen molar-refractivity contribution in [1.29, 1.82) is 0 Å². The van der Waals surface area contributed by atoms with Crippen molar-refractivity contribution in [3.05, 3.63) is 100 Å². The van der Waals surface area contributed by atoms with Gasteiger partial charge in [-0.15, -0.1) is 0 Å². The lowest BCUT2D eigenvalue weighted by atomic mass is 10.1. The molecule has 3 heterocycles. The molecule has 0 aliphatic carbocycles. The van der Waals surface area contributed by atoms with Gasteiger partial charge in [0.1, 0.15) is 5.69 Å². The molecular formula is C28H25N5O5. The number of rotatable bonds is 6. The quantitative estimate of drug-likeness (QED) is 0.283. The maximum absolute atomic E-state index is 13.7. The summed E-state index contributed by atoms with van der Waals surface area (Å²) < 4.78 is 12.5. The molecule has 3 aromatic carbocycles. The van der Waals surface area contributed by atoms with E-state index in [1.807, 2.05) is 53.4 Å². The first kappa shape index (κ1) is 23.7. The number of aromatic nitrogens is 2. The molecule has 0 N–H and O–H groups in total. The molecule has 2 aliphatic heterocycles. The van der Waals surface area contributed by atoms with Crippen molar-refractivity contribution < 1.29 is 19.2 Å². The number of ether oxygens (including phenoxy) is 2. The summed E-state index contributed by atoms with van der Waals surface area (Å²) in [6, 6.07) is 23.5. The zero-order valence-electron chi connectivity index (χ0n) is 20.5. The number of nitro groups is 1. The molecule has 10 heteroatoms. The van der Waals surface area contributed by atoms with Crippen molar-refractivity contribution in [2.45, 2.75) is 6.54 Å². The van der Waals surface area contributed by atoms with Gasteiger partial charge in [-0.05, 0) is 35.9 Å². The van der Waals surface area contributed by atoms with Gasteiger partial charge in [-0.2, -0.15) is 5.10 Å². The number of hydrogen-bond donors (Lipinski definition) is 0. The molecular weight excluding hydrogens is 486 g/mol. The second kappa shape index (κ2) is 9.98. The molecule has 1 aromatic heterocycles. The SMILES string of the molecule is O=C(c1cc(-c2ccccc2)nn1-c1ccc([N+](=O)[O-])cc1)N1CCN(Cc2ccc3c(c2)OCO3)CC1. The third kappa shape index (κ3) is 4.69. The fraction of sp³-hybridized carbons (Fsp3) is 0.214. The fourth-order valence-corrected chi connectivity index (χ4v) is 4.76. The van der Waals surface area contributed by atoms with Crippen LogP contribution in [-0.4, -0.2) is 63.4 Å².